The molecule has 0 saturated carbocycles. The average Bonchev–Trinajstić information content (AvgIpc) is 2.31. The third-order valence-corrected chi connectivity index (χ3v) is 4.15. The summed E-state index contributed by atoms with van der Waals surface area (Å²) in [5.74, 6) is -0.258. The fourth-order valence-electron chi connectivity index (χ4n) is 2.98. The molecular weight excluding hydrogens is 263 g/mol. The van der Waals surface area contributed by atoms with E-state index in [9.17, 15) is 4.39 Å². The normalized spacial score (nSPS) is 21.3. The van der Waals surface area contributed by atoms with E-state index in [-0.39, 0.29) is 17.3 Å². The van der Waals surface area contributed by atoms with E-state index in [1.165, 1.54) is 12.5 Å². The van der Waals surface area contributed by atoms with Crippen molar-refractivity contribution in [1.29, 1.82) is 0 Å². The monoisotopic (exact) mass is 284 g/mol. The summed E-state index contributed by atoms with van der Waals surface area (Å²) in [5, 5.41) is 0.427. The Morgan fingerprint density at radius 3 is 2.79 bits per heavy atom. The van der Waals surface area contributed by atoms with Crippen LogP contribution in [-0.4, -0.2) is 24.5 Å². The number of likely N-dealkylation sites (tertiary alicyclic amines) is 1. The van der Waals surface area contributed by atoms with Crippen LogP contribution in [0.5, 0.6) is 0 Å². The number of hydrogen-bond acceptors (Lipinski definition) is 2. The summed E-state index contributed by atoms with van der Waals surface area (Å²) < 4.78 is 14.1. The highest BCUT2D eigenvalue weighted by Gasteiger charge is 2.31. The molecule has 0 radical (unpaired) electrons. The first-order valence-corrected chi connectivity index (χ1v) is 7.20. The second-order valence-electron chi connectivity index (χ2n) is 6.16. The van der Waals surface area contributed by atoms with Gasteiger partial charge in [0.2, 0.25) is 0 Å². The molecule has 2 N–H and O–H groups in total. The highest BCUT2D eigenvalue weighted by Crippen LogP contribution is 2.34. The molecule has 1 atom stereocenters. The van der Waals surface area contributed by atoms with Crippen molar-refractivity contribution < 1.29 is 4.39 Å². The summed E-state index contributed by atoms with van der Waals surface area (Å²) >= 11 is 5.81. The first kappa shape index (κ1) is 14.8. The number of halogens is 2. The van der Waals surface area contributed by atoms with Gasteiger partial charge in [-0.05, 0) is 36.9 Å². The zero-order valence-electron chi connectivity index (χ0n) is 11.6. The van der Waals surface area contributed by atoms with Crippen LogP contribution in [0.15, 0.2) is 18.2 Å². The Kier molecular flexibility index (Phi) is 4.49. The molecule has 2 rings (SSSR count). The van der Waals surface area contributed by atoms with Crippen molar-refractivity contribution in [3.05, 3.63) is 34.6 Å². The maximum atomic E-state index is 14.1. The Labute approximate surface area is 119 Å². The van der Waals surface area contributed by atoms with Crippen molar-refractivity contribution >= 4 is 11.6 Å². The highest BCUT2D eigenvalue weighted by molar-refractivity contribution is 6.30. The van der Waals surface area contributed by atoms with Gasteiger partial charge in [-0.25, -0.2) is 4.39 Å². The summed E-state index contributed by atoms with van der Waals surface area (Å²) in [5.41, 5.74) is 6.82. The van der Waals surface area contributed by atoms with E-state index in [1.54, 1.807) is 12.1 Å². The first-order valence-electron chi connectivity index (χ1n) is 6.82. The van der Waals surface area contributed by atoms with Crippen molar-refractivity contribution in [2.24, 2.45) is 11.1 Å². The van der Waals surface area contributed by atoms with Crippen LogP contribution in [0.25, 0.3) is 0 Å². The lowest BCUT2D eigenvalue weighted by atomic mass is 9.83. The van der Waals surface area contributed by atoms with Crippen molar-refractivity contribution in [3.63, 3.8) is 0 Å². The number of benzene rings is 1. The van der Waals surface area contributed by atoms with Crippen LogP contribution in [-0.2, 0) is 0 Å². The molecule has 1 unspecified atom stereocenters. The molecule has 1 fully saturated rings. The third-order valence-electron chi connectivity index (χ3n) is 3.92. The molecule has 0 aromatic heterocycles. The number of rotatable bonds is 3. The molecule has 19 heavy (non-hydrogen) atoms. The fraction of sp³-hybridized carbons (Fsp3) is 0.600. The van der Waals surface area contributed by atoms with Gasteiger partial charge in [-0.15, -0.1) is 0 Å². The van der Waals surface area contributed by atoms with Gasteiger partial charge in [0.05, 0.1) is 0 Å². The van der Waals surface area contributed by atoms with Crippen LogP contribution in [0.3, 0.4) is 0 Å². The maximum Gasteiger partial charge on any atom is 0.129 e. The first-order chi connectivity index (χ1) is 8.93. The fourth-order valence-corrected chi connectivity index (χ4v) is 3.14. The lowest BCUT2D eigenvalue weighted by Crippen LogP contribution is -2.44. The molecule has 1 aliphatic rings. The van der Waals surface area contributed by atoms with Crippen LogP contribution in [0.1, 0.15) is 38.3 Å². The van der Waals surface area contributed by atoms with Gasteiger partial charge in [0.1, 0.15) is 5.82 Å². The summed E-state index contributed by atoms with van der Waals surface area (Å²) in [6, 6.07) is 4.81. The van der Waals surface area contributed by atoms with Gasteiger partial charge in [0.25, 0.3) is 0 Å². The Bertz CT molecular complexity index is 448. The Morgan fingerprint density at radius 1 is 1.47 bits per heavy atom. The lowest BCUT2D eigenvalue weighted by molar-refractivity contribution is 0.0792. The maximum absolute atomic E-state index is 14.1. The van der Waals surface area contributed by atoms with Gasteiger partial charge in [-0.1, -0.05) is 31.5 Å². The van der Waals surface area contributed by atoms with Gasteiger partial charge in [0, 0.05) is 29.7 Å². The molecule has 0 amide bonds. The number of nitrogens with two attached hydrogens (primary N) is 1. The highest BCUT2D eigenvalue weighted by atomic mass is 35.5. The van der Waals surface area contributed by atoms with E-state index in [0.29, 0.717) is 17.1 Å². The SMILES string of the molecule is CC1(C)CCCN(C(CN)c2ccc(Cl)cc2F)C1. The summed E-state index contributed by atoms with van der Waals surface area (Å²) in [6.07, 6.45) is 2.35. The largest absolute Gasteiger partial charge is 0.329 e. The second-order valence-corrected chi connectivity index (χ2v) is 6.59. The predicted octanol–water partition coefficient (Wildman–Crippen LogP) is 3.60. The quantitative estimate of drug-likeness (QED) is 0.919. The number of piperidine rings is 1. The van der Waals surface area contributed by atoms with Crippen LogP contribution >= 0.6 is 11.6 Å². The van der Waals surface area contributed by atoms with Gasteiger partial charge < -0.3 is 5.73 Å². The van der Waals surface area contributed by atoms with Crippen molar-refractivity contribution in [2.45, 2.75) is 32.7 Å². The summed E-state index contributed by atoms with van der Waals surface area (Å²) in [6.45, 7) is 6.87. The summed E-state index contributed by atoms with van der Waals surface area (Å²) in [7, 11) is 0. The molecule has 2 nitrogen and oxygen atoms in total. The molecule has 1 aromatic carbocycles. The van der Waals surface area contributed by atoms with Gasteiger partial charge >= 0.3 is 0 Å². The molecule has 106 valence electrons. The smallest absolute Gasteiger partial charge is 0.129 e. The van der Waals surface area contributed by atoms with Crippen molar-refractivity contribution in [3.8, 4) is 0 Å². The van der Waals surface area contributed by atoms with Gasteiger partial charge in [-0.3, -0.25) is 4.90 Å². The molecule has 4 heteroatoms. The van der Waals surface area contributed by atoms with Gasteiger partial charge in [0.15, 0.2) is 0 Å². The minimum atomic E-state index is -0.258. The van der Waals surface area contributed by atoms with E-state index in [1.807, 2.05) is 0 Å². The molecule has 1 aliphatic heterocycles. The van der Waals surface area contributed by atoms with E-state index in [4.69, 9.17) is 17.3 Å². The molecule has 1 heterocycles. The van der Waals surface area contributed by atoms with E-state index < -0.39 is 0 Å². The zero-order valence-corrected chi connectivity index (χ0v) is 12.4. The van der Waals surface area contributed by atoms with E-state index in [0.717, 1.165) is 19.5 Å². The standard InChI is InChI=1S/C15H22ClFN2/c1-15(2)6-3-7-19(10-15)14(9-18)12-5-4-11(16)8-13(12)17/h4-5,8,14H,3,6-7,9-10,18H2,1-2H3. The molecule has 0 spiro atoms. The molecule has 1 saturated heterocycles. The molecule has 0 aliphatic carbocycles. The Morgan fingerprint density at radius 2 is 2.21 bits per heavy atom. The molecule has 0 bridgehead atoms. The minimum Gasteiger partial charge on any atom is -0.329 e. The van der Waals surface area contributed by atoms with Crippen LogP contribution < -0.4 is 5.73 Å². The zero-order chi connectivity index (χ0) is 14.0. The number of hydrogen-bond donors (Lipinski definition) is 1. The Hall–Kier alpha value is -0.640. The summed E-state index contributed by atoms with van der Waals surface area (Å²) in [4.78, 5) is 2.30. The van der Waals surface area contributed by atoms with Gasteiger partial charge in [-0.2, -0.15) is 0 Å². The predicted molar refractivity (Wildman–Crippen MR) is 77.8 cm³/mol. The van der Waals surface area contributed by atoms with Crippen LogP contribution in [0, 0.1) is 11.2 Å². The topological polar surface area (TPSA) is 29.3 Å². The average molecular weight is 285 g/mol. The Balaban J connectivity index is 2.24. The van der Waals surface area contributed by atoms with Crippen LogP contribution in [0.4, 0.5) is 4.39 Å². The van der Waals surface area contributed by atoms with Crippen molar-refractivity contribution in [1.82, 2.24) is 4.90 Å². The van der Waals surface area contributed by atoms with Crippen LogP contribution in [0.2, 0.25) is 5.02 Å². The van der Waals surface area contributed by atoms with E-state index >= 15 is 0 Å². The van der Waals surface area contributed by atoms with Crippen molar-refractivity contribution in [2.75, 3.05) is 19.6 Å². The molecule has 1 aromatic rings. The second kappa shape index (κ2) is 5.78. The third kappa shape index (κ3) is 3.47. The number of nitrogens with zero attached hydrogens (tertiary/aromatic N) is 1. The van der Waals surface area contributed by atoms with E-state index in [2.05, 4.69) is 18.7 Å². The minimum absolute atomic E-state index is 0.0585. The molecular formula is C15H22ClFN2. The lowest BCUT2D eigenvalue weighted by Gasteiger charge is -2.42.